The summed E-state index contributed by atoms with van der Waals surface area (Å²) in [6.07, 6.45) is 2.19. The van der Waals surface area contributed by atoms with Crippen LogP contribution in [0.15, 0.2) is 17.1 Å². The second-order valence-electron chi connectivity index (χ2n) is 4.90. The Morgan fingerprint density at radius 1 is 1.50 bits per heavy atom. The molecule has 18 heavy (non-hydrogen) atoms. The third-order valence-electron chi connectivity index (χ3n) is 2.04. The number of rotatable bonds is 4. The number of hydrogen-bond donors (Lipinski definition) is 0. The van der Waals surface area contributed by atoms with E-state index >= 15 is 0 Å². The first kappa shape index (κ1) is 14.7. The zero-order valence-electron chi connectivity index (χ0n) is 10.8. The summed E-state index contributed by atoms with van der Waals surface area (Å²) in [6, 6.07) is 1.44. The summed E-state index contributed by atoms with van der Waals surface area (Å²) in [5, 5.41) is 4.01. The number of hydrogen-bond acceptors (Lipinski definition) is 4. The number of aromatic nitrogens is 2. The van der Waals surface area contributed by atoms with Gasteiger partial charge in [0.25, 0.3) is 5.56 Å². The molecule has 0 fully saturated rings. The van der Waals surface area contributed by atoms with Crippen LogP contribution in [0.3, 0.4) is 0 Å². The molecule has 0 radical (unpaired) electrons. The zero-order valence-corrected chi connectivity index (χ0v) is 11.5. The monoisotopic (exact) mass is 272 g/mol. The Balaban J connectivity index is 2.45. The molecule has 0 aliphatic heterocycles. The van der Waals surface area contributed by atoms with Gasteiger partial charge in [0.05, 0.1) is 0 Å². The fourth-order valence-electron chi connectivity index (χ4n) is 1.35. The average molecular weight is 273 g/mol. The molecule has 0 bridgehead atoms. The SMILES string of the molecule is CC(C)(C)OC(=O)CCCn1nccc(Cl)c1=O. The maximum atomic E-state index is 11.5. The normalized spacial score (nSPS) is 11.3. The number of nitrogens with zero attached hydrogens (tertiary/aromatic N) is 2. The minimum atomic E-state index is -0.484. The largest absolute Gasteiger partial charge is 0.460 e. The minimum absolute atomic E-state index is 0.127. The van der Waals surface area contributed by atoms with Crippen LogP contribution in [-0.4, -0.2) is 21.4 Å². The first-order chi connectivity index (χ1) is 8.29. The van der Waals surface area contributed by atoms with Gasteiger partial charge in [0.2, 0.25) is 0 Å². The standard InChI is InChI=1S/C12H17ClN2O3/c1-12(2,3)18-10(16)5-4-8-15-11(17)9(13)6-7-14-15/h6-7H,4-5,8H2,1-3H3. The van der Waals surface area contributed by atoms with Crippen molar-refractivity contribution in [2.24, 2.45) is 0 Å². The molecule has 0 aromatic carbocycles. The molecule has 1 aromatic heterocycles. The minimum Gasteiger partial charge on any atom is -0.460 e. The predicted octanol–water partition coefficient (Wildman–Crippen LogP) is 2.02. The quantitative estimate of drug-likeness (QED) is 0.787. The van der Waals surface area contributed by atoms with E-state index in [0.717, 1.165) is 0 Å². The molecule has 1 rings (SSSR count). The van der Waals surface area contributed by atoms with Crippen molar-refractivity contribution in [2.75, 3.05) is 0 Å². The highest BCUT2D eigenvalue weighted by atomic mass is 35.5. The molecule has 0 amide bonds. The van der Waals surface area contributed by atoms with E-state index in [2.05, 4.69) is 5.10 Å². The Hall–Kier alpha value is -1.36. The molecule has 0 atom stereocenters. The summed E-state index contributed by atoms with van der Waals surface area (Å²) in [5.41, 5.74) is -0.828. The van der Waals surface area contributed by atoms with Crippen LogP contribution in [0.1, 0.15) is 33.6 Å². The molecule has 0 aliphatic carbocycles. The lowest BCUT2D eigenvalue weighted by molar-refractivity contribution is -0.154. The van der Waals surface area contributed by atoms with Crippen LogP contribution in [-0.2, 0) is 16.1 Å². The predicted molar refractivity (Wildman–Crippen MR) is 68.6 cm³/mol. The van der Waals surface area contributed by atoms with Gasteiger partial charge < -0.3 is 4.74 Å². The van der Waals surface area contributed by atoms with Gasteiger partial charge in [-0.05, 0) is 33.3 Å². The molecule has 6 heteroatoms. The van der Waals surface area contributed by atoms with Gasteiger partial charge in [-0.2, -0.15) is 5.10 Å². The number of carbonyl (C=O) groups excluding carboxylic acids is 1. The molecule has 0 spiro atoms. The van der Waals surface area contributed by atoms with Crippen LogP contribution >= 0.6 is 11.6 Å². The summed E-state index contributed by atoms with van der Waals surface area (Å²) in [7, 11) is 0. The van der Waals surface area contributed by atoms with Crippen LogP contribution in [0.2, 0.25) is 5.02 Å². The molecule has 1 heterocycles. The van der Waals surface area contributed by atoms with Gasteiger partial charge in [-0.1, -0.05) is 11.6 Å². The van der Waals surface area contributed by atoms with Crippen LogP contribution in [0.5, 0.6) is 0 Å². The molecular weight excluding hydrogens is 256 g/mol. The Morgan fingerprint density at radius 2 is 2.17 bits per heavy atom. The molecule has 0 N–H and O–H groups in total. The van der Waals surface area contributed by atoms with Gasteiger partial charge >= 0.3 is 5.97 Å². The Kier molecular flexibility index (Phi) is 4.90. The van der Waals surface area contributed by atoms with Crippen molar-refractivity contribution in [1.29, 1.82) is 0 Å². The van der Waals surface area contributed by atoms with Gasteiger partial charge in [-0.3, -0.25) is 9.59 Å². The molecule has 0 saturated heterocycles. The molecule has 0 unspecified atom stereocenters. The number of halogens is 1. The maximum absolute atomic E-state index is 11.5. The summed E-state index contributed by atoms with van der Waals surface area (Å²) in [6.45, 7) is 5.79. The summed E-state index contributed by atoms with van der Waals surface area (Å²) >= 11 is 5.68. The van der Waals surface area contributed by atoms with E-state index in [4.69, 9.17) is 16.3 Å². The van der Waals surface area contributed by atoms with Crippen LogP contribution in [0, 0.1) is 0 Å². The van der Waals surface area contributed by atoms with E-state index < -0.39 is 5.60 Å². The van der Waals surface area contributed by atoms with Crippen molar-refractivity contribution in [3.05, 3.63) is 27.6 Å². The molecule has 1 aromatic rings. The van der Waals surface area contributed by atoms with E-state index in [1.54, 1.807) is 0 Å². The zero-order chi connectivity index (χ0) is 13.8. The van der Waals surface area contributed by atoms with Crippen LogP contribution < -0.4 is 5.56 Å². The summed E-state index contributed by atoms with van der Waals surface area (Å²) in [4.78, 5) is 23.0. The van der Waals surface area contributed by atoms with Gasteiger partial charge in [0.15, 0.2) is 0 Å². The fraction of sp³-hybridized carbons (Fsp3) is 0.583. The molecule has 0 saturated carbocycles. The maximum Gasteiger partial charge on any atom is 0.306 e. The number of aryl methyl sites for hydroxylation is 1. The van der Waals surface area contributed by atoms with Crippen LogP contribution in [0.4, 0.5) is 0 Å². The highest BCUT2D eigenvalue weighted by Gasteiger charge is 2.15. The molecule has 0 aliphatic rings. The van der Waals surface area contributed by atoms with Crippen molar-refractivity contribution in [2.45, 2.75) is 45.8 Å². The highest BCUT2D eigenvalue weighted by molar-refractivity contribution is 6.30. The van der Waals surface area contributed by atoms with Gasteiger partial charge in [-0.25, -0.2) is 4.68 Å². The van der Waals surface area contributed by atoms with Gasteiger partial charge in [0, 0.05) is 19.2 Å². The fourth-order valence-corrected chi connectivity index (χ4v) is 1.51. The molecule has 5 nitrogen and oxygen atoms in total. The topological polar surface area (TPSA) is 61.2 Å². The molecular formula is C12H17ClN2O3. The van der Waals surface area contributed by atoms with Crippen molar-refractivity contribution in [3.63, 3.8) is 0 Å². The van der Waals surface area contributed by atoms with Crippen molar-refractivity contribution in [1.82, 2.24) is 9.78 Å². The van der Waals surface area contributed by atoms with Crippen molar-refractivity contribution < 1.29 is 9.53 Å². The second-order valence-corrected chi connectivity index (χ2v) is 5.30. The number of ether oxygens (including phenoxy) is 1. The van der Waals surface area contributed by atoms with Crippen LogP contribution in [0.25, 0.3) is 0 Å². The Bertz CT molecular complexity index is 477. The highest BCUT2D eigenvalue weighted by Crippen LogP contribution is 2.09. The molecule has 100 valence electrons. The second kappa shape index (κ2) is 6.00. The third kappa shape index (κ3) is 4.87. The van der Waals surface area contributed by atoms with Gasteiger partial charge in [-0.15, -0.1) is 0 Å². The number of esters is 1. The van der Waals surface area contributed by atoms with Crippen molar-refractivity contribution >= 4 is 17.6 Å². The Morgan fingerprint density at radius 3 is 2.78 bits per heavy atom. The smallest absolute Gasteiger partial charge is 0.306 e. The summed E-state index contributed by atoms with van der Waals surface area (Å²) < 4.78 is 6.40. The number of carbonyl (C=O) groups is 1. The van der Waals surface area contributed by atoms with E-state index in [1.807, 2.05) is 20.8 Å². The lowest BCUT2D eigenvalue weighted by Gasteiger charge is -2.19. The third-order valence-corrected chi connectivity index (χ3v) is 2.32. The average Bonchev–Trinajstić information content (AvgIpc) is 2.21. The van der Waals surface area contributed by atoms with E-state index in [9.17, 15) is 9.59 Å². The van der Waals surface area contributed by atoms with Crippen molar-refractivity contribution in [3.8, 4) is 0 Å². The van der Waals surface area contributed by atoms with E-state index in [1.165, 1.54) is 16.9 Å². The Labute approximate surface area is 111 Å². The van der Waals surface area contributed by atoms with E-state index in [0.29, 0.717) is 13.0 Å². The lowest BCUT2D eigenvalue weighted by atomic mass is 10.2. The first-order valence-corrected chi connectivity index (χ1v) is 6.11. The lowest BCUT2D eigenvalue weighted by Crippen LogP contribution is -2.25. The summed E-state index contributed by atoms with van der Waals surface area (Å²) in [5.74, 6) is -0.280. The van der Waals surface area contributed by atoms with Gasteiger partial charge in [0.1, 0.15) is 10.6 Å². The van der Waals surface area contributed by atoms with E-state index in [-0.39, 0.29) is 23.0 Å². The first-order valence-electron chi connectivity index (χ1n) is 5.73.